The number of piperidine rings is 1. The van der Waals surface area contributed by atoms with E-state index in [2.05, 4.69) is 43.6 Å². The topological polar surface area (TPSA) is 74.6 Å². The summed E-state index contributed by atoms with van der Waals surface area (Å²) < 4.78 is 6.33. The van der Waals surface area contributed by atoms with Crippen molar-refractivity contribution in [3.63, 3.8) is 0 Å². The highest BCUT2D eigenvalue weighted by Gasteiger charge is 2.26. The number of likely N-dealkylation sites (tertiary alicyclic amines) is 1. The van der Waals surface area contributed by atoms with Crippen LogP contribution in [0.5, 0.6) is 0 Å². The molecule has 1 aliphatic heterocycles. The van der Waals surface area contributed by atoms with Gasteiger partial charge in [-0.05, 0) is 67.9 Å². The summed E-state index contributed by atoms with van der Waals surface area (Å²) in [6.07, 6.45) is 3.17. The minimum atomic E-state index is -0.249. The smallest absolute Gasteiger partial charge is 0.253 e. The fourth-order valence-corrected chi connectivity index (χ4v) is 4.39. The summed E-state index contributed by atoms with van der Waals surface area (Å²) in [5.41, 5.74) is 2.24. The van der Waals surface area contributed by atoms with Crippen molar-refractivity contribution in [1.29, 1.82) is 0 Å². The minimum Gasteiger partial charge on any atom is -0.467 e. The van der Waals surface area contributed by atoms with Crippen molar-refractivity contribution in [2.24, 2.45) is 5.92 Å². The van der Waals surface area contributed by atoms with Gasteiger partial charge in [-0.1, -0.05) is 40.2 Å². The summed E-state index contributed by atoms with van der Waals surface area (Å²) in [5.74, 6) is 0.335. The molecule has 0 atom stereocenters. The molecule has 0 aliphatic carbocycles. The van der Waals surface area contributed by atoms with Gasteiger partial charge in [0.15, 0.2) is 0 Å². The lowest BCUT2D eigenvalue weighted by atomic mass is 9.95. The molecule has 0 bridgehead atoms. The van der Waals surface area contributed by atoms with Gasteiger partial charge in [0, 0.05) is 16.9 Å². The number of nitrogens with zero attached hydrogens (tertiary/aromatic N) is 1. The van der Waals surface area contributed by atoms with Crippen molar-refractivity contribution in [2.45, 2.75) is 25.9 Å². The molecule has 0 unspecified atom stereocenters. The standard InChI is InChI=1S/C25H26BrN3O3/c26-20-6-3-5-18(15-20)17-29-12-10-19(11-13-29)24(30)28-23-9-2-1-8-22(23)25(31)27-16-21-7-4-14-32-21/h1-9,14-15,19H,10-13,16-17H2,(H,27,31)(H,28,30). The number of furan rings is 1. The van der Waals surface area contributed by atoms with Gasteiger partial charge in [-0.3, -0.25) is 14.5 Å². The molecule has 166 valence electrons. The van der Waals surface area contributed by atoms with Crippen LogP contribution in [0.2, 0.25) is 0 Å². The van der Waals surface area contributed by atoms with Gasteiger partial charge in [-0.25, -0.2) is 0 Å². The van der Waals surface area contributed by atoms with Crippen molar-refractivity contribution in [2.75, 3.05) is 18.4 Å². The summed E-state index contributed by atoms with van der Waals surface area (Å²) >= 11 is 3.52. The van der Waals surface area contributed by atoms with Gasteiger partial charge in [0.25, 0.3) is 5.91 Å². The summed E-state index contributed by atoms with van der Waals surface area (Å²) in [6, 6.07) is 19.0. The van der Waals surface area contributed by atoms with Gasteiger partial charge >= 0.3 is 0 Å². The molecule has 6 nitrogen and oxygen atoms in total. The molecule has 1 aromatic heterocycles. The molecule has 1 saturated heterocycles. The summed E-state index contributed by atoms with van der Waals surface area (Å²) in [4.78, 5) is 27.9. The number of para-hydroxylation sites is 1. The van der Waals surface area contributed by atoms with Crippen LogP contribution in [0.3, 0.4) is 0 Å². The predicted octanol–water partition coefficient (Wildman–Crippen LogP) is 4.82. The van der Waals surface area contributed by atoms with Gasteiger partial charge < -0.3 is 15.1 Å². The summed E-state index contributed by atoms with van der Waals surface area (Å²) in [7, 11) is 0. The first kappa shape index (κ1) is 22.3. The molecule has 2 heterocycles. The Hall–Kier alpha value is -2.90. The number of rotatable bonds is 7. The van der Waals surface area contributed by atoms with E-state index in [4.69, 9.17) is 4.42 Å². The normalized spacial score (nSPS) is 14.8. The molecular weight excluding hydrogens is 470 g/mol. The van der Waals surface area contributed by atoms with Gasteiger partial charge in [-0.2, -0.15) is 0 Å². The van der Waals surface area contributed by atoms with Gasteiger partial charge in [0.1, 0.15) is 5.76 Å². The number of carbonyl (C=O) groups excluding carboxylic acids is 2. The Morgan fingerprint density at radius 2 is 1.84 bits per heavy atom. The third-order valence-electron chi connectivity index (χ3n) is 5.69. The molecular formula is C25H26BrN3O3. The van der Waals surface area contributed by atoms with E-state index in [1.165, 1.54) is 5.56 Å². The molecule has 3 aromatic rings. The third kappa shape index (κ3) is 5.87. The van der Waals surface area contributed by atoms with Crippen LogP contribution in [0.15, 0.2) is 75.8 Å². The minimum absolute atomic E-state index is 0.0293. The zero-order chi connectivity index (χ0) is 22.3. The number of carbonyl (C=O) groups is 2. The van der Waals surface area contributed by atoms with Crippen molar-refractivity contribution >= 4 is 33.4 Å². The zero-order valence-electron chi connectivity index (χ0n) is 17.7. The van der Waals surface area contributed by atoms with E-state index < -0.39 is 0 Å². The number of nitrogens with one attached hydrogen (secondary N) is 2. The number of anilines is 1. The molecule has 0 saturated carbocycles. The second kappa shape index (κ2) is 10.6. The van der Waals surface area contributed by atoms with Crippen molar-refractivity contribution in [3.05, 3.63) is 88.3 Å². The molecule has 2 N–H and O–H groups in total. The predicted molar refractivity (Wildman–Crippen MR) is 127 cm³/mol. The van der Waals surface area contributed by atoms with E-state index in [0.29, 0.717) is 23.6 Å². The number of hydrogen-bond acceptors (Lipinski definition) is 4. The number of hydrogen-bond donors (Lipinski definition) is 2. The molecule has 0 radical (unpaired) electrons. The van der Waals surface area contributed by atoms with Crippen LogP contribution < -0.4 is 10.6 Å². The maximum atomic E-state index is 12.9. The van der Waals surface area contributed by atoms with E-state index in [1.54, 1.807) is 36.6 Å². The first-order chi connectivity index (χ1) is 15.6. The summed E-state index contributed by atoms with van der Waals surface area (Å²) in [5, 5.41) is 5.81. The molecule has 1 aliphatic rings. The largest absolute Gasteiger partial charge is 0.467 e. The van der Waals surface area contributed by atoms with Crippen molar-refractivity contribution in [3.8, 4) is 0 Å². The fraction of sp³-hybridized carbons (Fsp3) is 0.280. The van der Waals surface area contributed by atoms with Crippen molar-refractivity contribution < 1.29 is 14.0 Å². The second-order valence-electron chi connectivity index (χ2n) is 7.98. The first-order valence-electron chi connectivity index (χ1n) is 10.8. The lowest BCUT2D eigenvalue weighted by Gasteiger charge is -2.31. The SMILES string of the molecule is O=C(NCc1ccco1)c1ccccc1NC(=O)C1CCN(Cc2cccc(Br)c2)CC1. The number of halogens is 1. The van der Waals surface area contributed by atoms with Crippen LogP contribution in [-0.2, 0) is 17.9 Å². The average molecular weight is 496 g/mol. The number of amides is 2. The van der Waals surface area contributed by atoms with Crippen LogP contribution in [0.25, 0.3) is 0 Å². The van der Waals surface area contributed by atoms with Crippen LogP contribution in [0.1, 0.15) is 34.5 Å². The lowest BCUT2D eigenvalue weighted by Crippen LogP contribution is -2.38. The molecule has 0 spiro atoms. The highest BCUT2D eigenvalue weighted by Crippen LogP contribution is 2.23. The average Bonchev–Trinajstić information content (AvgIpc) is 3.32. The Balaban J connectivity index is 1.31. The van der Waals surface area contributed by atoms with Gasteiger partial charge in [0.05, 0.1) is 24.1 Å². The zero-order valence-corrected chi connectivity index (χ0v) is 19.3. The van der Waals surface area contributed by atoms with E-state index >= 15 is 0 Å². The Bertz CT molecular complexity index is 1060. The maximum Gasteiger partial charge on any atom is 0.253 e. The van der Waals surface area contributed by atoms with Crippen LogP contribution in [0, 0.1) is 5.92 Å². The second-order valence-corrected chi connectivity index (χ2v) is 8.89. The van der Waals surface area contributed by atoms with E-state index in [1.807, 2.05) is 18.2 Å². The Labute approximate surface area is 196 Å². The van der Waals surface area contributed by atoms with E-state index in [9.17, 15) is 9.59 Å². The fourth-order valence-electron chi connectivity index (χ4n) is 3.95. The maximum absolute atomic E-state index is 12.9. The molecule has 2 aromatic carbocycles. The Morgan fingerprint density at radius 1 is 1.03 bits per heavy atom. The van der Waals surface area contributed by atoms with E-state index in [0.717, 1.165) is 36.9 Å². The number of benzene rings is 2. The van der Waals surface area contributed by atoms with Gasteiger partial charge in [-0.15, -0.1) is 0 Å². The third-order valence-corrected chi connectivity index (χ3v) is 6.18. The monoisotopic (exact) mass is 495 g/mol. The molecule has 7 heteroatoms. The molecule has 32 heavy (non-hydrogen) atoms. The lowest BCUT2D eigenvalue weighted by molar-refractivity contribution is -0.121. The molecule has 1 fully saturated rings. The highest BCUT2D eigenvalue weighted by molar-refractivity contribution is 9.10. The first-order valence-corrected chi connectivity index (χ1v) is 11.5. The molecule has 2 amide bonds. The summed E-state index contributed by atoms with van der Waals surface area (Å²) in [6.45, 7) is 2.92. The van der Waals surface area contributed by atoms with Crippen LogP contribution in [-0.4, -0.2) is 29.8 Å². The quantitative estimate of drug-likeness (QED) is 0.492. The van der Waals surface area contributed by atoms with E-state index in [-0.39, 0.29) is 17.7 Å². The van der Waals surface area contributed by atoms with Crippen molar-refractivity contribution in [1.82, 2.24) is 10.2 Å². The Kier molecular flexibility index (Phi) is 7.39. The van der Waals surface area contributed by atoms with Crippen LogP contribution in [0.4, 0.5) is 5.69 Å². The van der Waals surface area contributed by atoms with Crippen LogP contribution >= 0.6 is 15.9 Å². The highest BCUT2D eigenvalue weighted by atomic mass is 79.9. The van der Waals surface area contributed by atoms with Gasteiger partial charge in [0.2, 0.25) is 5.91 Å². The Morgan fingerprint density at radius 3 is 2.59 bits per heavy atom. The molecule has 4 rings (SSSR count).